The highest BCUT2D eigenvalue weighted by atomic mass is 79.9. The van der Waals surface area contributed by atoms with Crippen LogP contribution in [0.1, 0.15) is 42.5 Å². The zero-order valence-electron chi connectivity index (χ0n) is 11.4. The SMILES string of the molecule is CCC1OCCC1C(N)c1cc(C)c(Br)cc1C. The van der Waals surface area contributed by atoms with Crippen molar-refractivity contribution in [3.8, 4) is 0 Å². The molecule has 2 nitrogen and oxygen atoms in total. The molecule has 1 aliphatic heterocycles. The topological polar surface area (TPSA) is 35.2 Å². The standard InChI is InChI=1S/C15H22BrNO/c1-4-14-11(5-6-18-14)15(17)12-7-10(3)13(16)8-9(12)2/h7-8,11,14-15H,4-6,17H2,1-3H3. The van der Waals surface area contributed by atoms with E-state index in [1.807, 2.05) is 0 Å². The average Bonchev–Trinajstić information content (AvgIpc) is 2.81. The minimum absolute atomic E-state index is 0.0873. The molecule has 0 aromatic heterocycles. The van der Waals surface area contributed by atoms with Gasteiger partial charge in [0.25, 0.3) is 0 Å². The molecule has 1 fully saturated rings. The zero-order valence-corrected chi connectivity index (χ0v) is 13.0. The van der Waals surface area contributed by atoms with E-state index < -0.39 is 0 Å². The van der Waals surface area contributed by atoms with Crippen LogP contribution >= 0.6 is 15.9 Å². The normalized spacial score (nSPS) is 25.4. The van der Waals surface area contributed by atoms with Gasteiger partial charge in [0.2, 0.25) is 0 Å². The summed E-state index contributed by atoms with van der Waals surface area (Å²) in [6.07, 6.45) is 2.45. The molecule has 0 saturated carbocycles. The predicted octanol–water partition coefficient (Wildman–Crippen LogP) is 3.88. The second-order valence-corrected chi connectivity index (χ2v) is 6.11. The van der Waals surface area contributed by atoms with Gasteiger partial charge in [-0.1, -0.05) is 28.9 Å². The van der Waals surface area contributed by atoms with E-state index in [-0.39, 0.29) is 6.04 Å². The molecule has 2 N–H and O–H groups in total. The number of rotatable bonds is 3. The summed E-state index contributed by atoms with van der Waals surface area (Å²) in [5.41, 5.74) is 10.3. The van der Waals surface area contributed by atoms with E-state index in [0.717, 1.165) is 23.9 Å². The Morgan fingerprint density at radius 2 is 2.11 bits per heavy atom. The second-order valence-electron chi connectivity index (χ2n) is 5.25. The third-order valence-electron chi connectivity index (χ3n) is 4.03. The fourth-order valence-corrected chi connectivity index (χ4v) is 3.35. The van der Waals surface area contributed by atoms with Gasteiger partial charge in [-0.3, -0.25) is 0 Å². The molecule has 1 aromatic rings. The Morgan fingerprint density at radius 1 is 1.39 bits per heavy atom. The summed E-state index contributed by atoms with van der Waals surface area (Å²) in [4.78, 5) is 0. The Bertz CT molecular complexity index is 433. The minimum Gasteiger partial charge on any atom is -0.378 e. The third-order valence-corrected chi connectivity index (χ3v) is 4.89. The molecule has 1 aliphatic rings. The van der Waals surface area contributed by atoms with Gasteiger partial charge in [-0.25, -0.2) is 0 Å². The highest BCUT2D eigenvalue weighted by Gasteiger charge is 2.33. The first kappa shape index (κ1) is 14.0. The smallest absolute Gasteiger partial charge is 0.0619 e. The van der Waals surface area contributed by atoms with Gasteiger partial charge in [0, 0.05) is 23.0 Å². The lowest BCUT2D eigenvalue weighted by Gasteiger charge is -2.26. The van der Waals surface area contributed by atoms with E-state index in [2.05, 4.69) is 48.8 Å². The number of hydrogen-bond donors (Lipinski definition) is 1. The first-order valence-electron chi connectivity index (χ1n) is 6.68. The maximum Gasteiger partial charge on any atom is 0.0619 e. The van der Waals surface area contributed by atoms with Gasteiger partial charge in [-0.05, 0) is 49.4 Å². The van der Waals surface area contributed by atoms with Crippen LogP contribution in [0.2, 0.25) is 0 Å². The van der Waals surface area contributed by atoms with Crippen molar-refractivity contribution in [2.45, 2.75) is 45.8 Å². The lowest BCUT2D eigenvalue weighted by Crippen LogP contribution is -2.28. The van der Waals surface area contributed by atoms with E-state index in [4.69, 9.17) is 10.5 Å². The molecule has 1 saturated heterocycles. The lowest BCUT2D eigenvalue weighted by molar-refractivity contribution is 0.0813. The van der Waals surface area contributed by atoms with Gasteiger partial charge in [0.1, 0.15) is 0 Å². The summed E-state index contributed by atoms with van der Waals surface area (Å²) in [6, 6.07) is 4.47. The molecule has 0 spiro atoms. The van der Waals surface area contributed by atoms with Gasteiger partial charge < -0.3 is 10.5 Å². The van der Waals surface area contributed by atoms with Crippen LogP contribution in [-0.2, 0) is 4.74 Å². The summed E-state index contributed by atoms with van der Waals surface area (Å²) in [5.74, 6) is 0.453. The monoisotopic (exact) mass is 311 g/mol. The summed E-state index contributed by atoms with van der Waals surface area (Å²) in [7, 11) is 0. The Hall–Kier alpha value is -0.380. The van der Waals surface area contributed by atoms with Crippen LogP contribution in [0.25, 0.3) is 0 Å². The summed E-state index contributed by atoms with van der Waals surface area (Å²) in [5, 5.41) is 0. The molecule has 0 radical (unpaired) electrons. The molecule has 1 aromatic carbocycles. The molecule has 1 heterocycles. The molecule has 3 unspecified atom stereocenters. The number of benzene rings is 1. The van der Waals surface area contributed by atoms with E-state index in [9.17, 15) is 0 Å². The van der Waals surface area contributed by atoms with Gasteiger partial charge in [0.05, 0.1) is 6.10 Å². The molecule has 2 rings (SSSR count). The van der Waals surface area contributed by atoms with Gasteiger partial charge in [-0.2, -0.15) is 0 Å². The molecule has 18 heavy (non-hydrogen) atoms. The number of ether oxygens (including phenoxy) is 1. The number of nitrogens with two attached hydrogens (primary N) is 1. The average molecular weight is 312 g/mol. The molecule has 3 atom stereocenters. The maximum atomic E-state index is 6.49. The van der Waals surface area contributed by atoms with Crippen molar-refractivity contribution in [1.82, 2.24) is 0 Å². The molecule has 100 valence electrons. The van der Waals surface area contributed by atoms with Crippen LogP contribution in [-0.4, -0.2) is 12.7 Å². The van der Waals surface area contributed by atoms with Crippen molar-refractivity contribution in [2.24, 2.45) is 11.7 Å². The van der Waals surface area contributed by atoms with Crippen molar-refractivity contribution in [3.05, 3.63) is 33.3 Å². The van der Waals surface area contributed by atoms with E-state index >= 15 is 0 Å². The quantitative estimate of drug-likeness (QED) is 0.919. The largest absolute Gasteiger partial charge is 0.378 e. The van der Waals surface area contributed by atoms with Crippen molar-refractivity contribution >= 4 is 15.9 Å². The number of hydrogen-bond acceptors (Lipinski definition) is 2. The number of aryl methyl sites for hydroxylation is 2. The van der Waals surface area contributed by atoms with Crippen molar-refractivity contribution in [2.75, 3.05) is 6.61 Å². The molecular formula is C15H22BrNO. The van der Waals surface area contributed by atoms with Crippen LogP contribution in [0, 0.1) is 19.8 Å². The zero-order chi connectivity index (χ0) is 13.3. The summed E-state index contributed by atoms with van der Waals surface area (Å²) in [6.45, 7) is 7.28. The summed E-state index contributed by atoms with van der Waals surface area (Å²) >= 11 is 3.57. The molecule has 0 aliphatic carbocycles. The fourth-order valence-electron chi connectivity index (χ4n) is 2.89. The van der Waals surface area contributed by atoms with E-state index in [1.54, 1.807) is 0 Å². The van der Waals surface area contributed by atoms with Crippen LogP contribution in [0.3, 0.4) is 0 Å². The van der Waals surface area contributed by atoms with Crippen LogP contribution in [0.15, 0.2) is 16.6 Å². The van der Waals surface area contributed by atoms with Gasteiger partial charge in [0.15, 0.2) is 0 Å². The van der Waals surface area contributed by atoms with Gasteiger partial charge in [-0.15, -0.1) is 0 Å². The number of halogens is 1. The summed E-state index contributed by atoms with van der Waals surface area (Å²) < 4.78 is 6.92. The van der Waals surface area contributed by atoms with Crippen LogP contribution < -0.4 is 5.73 Å². The highest BCUT2D eigenvalue weighted by Crippen LogP contribution is 2.35. The van der Waals surface area contributed by atoms with Crippen LogP contribution in [0.5, 0.6) is 0 Å². The maximum absolute atomic E-state index is 6.49. The van der Waals surface area contributed by atoms with Crippen molar-refractivity contribution < 1.29 is 4.74 Å². The van der Waals surface area contributed by atoms with E-state index in [1.165, 1.54) is 16.7 Å². The predicted molar refractivity (Wildman–Crippen MR) is 78.7 cm³/mol. The molecule has 0 bridgehead atoms. The first-order chi connectivity index (χ1) is 8.54. The second kappa shape index (κ2) is 5.72. The molecule has 0 amide bonds. The van der Waals surface area contributed by atoms with Crippen LogP contribution in [0.4, 0.5) is 0 Å². The fraction of sp³-hybridized carbons (Fsp3) is 0.600. The lowest BCUT2D eigenvalue weighted by atomic mass is 9.85. The molecule has 3 heteroatoms. The van der Waals surface area contributed by atoms with Crippen molar-refractivity contribution in [3.63, 3.8) is 0 Å². The van der Waals surface area contributed by atoms with E-state index in [0.29, 0.717) is 12.0 Å². The van der Waals surface area contributed by atoms with Gasteiger partial charge >= 0.3 is 0 Å². The molecular weight excluding hydrogens is 290 g/mol. The first-order valence-corrected chi connectivity index (χ1v) is 7.47. The third kappa shape index (κ3) is 2.63. The Balaban J connectivity index is 2.28. The Labute approximate surface area is 118 Å². The highest BCUT2D eigenvalue weighted by molar-refractivity contribution is 9.10. The Morgan fingerprint density at radius 3 is 2.78 bits per heavy atom. The minimum atomic E-state index is 0.0873. The van der Waals surface area contributed by atoms with Crippen molar-refractivity contribution in [1.29, 1.82) is 0 Å². The Kier molecular flexibility index (Phi) is 4.46.